The molecular formula is C25H19N5O5. The Kier molecular flexibility index (Phi) is 5.68. The zero-order valence-corrected chi connectivity index (χ0v) is 18.3. The van der Waals surface area contributed by atoms with Gasteiger partial charge in [0, 0.05) is 17.8 Å². The van der Waals surface area contributed by atoms with Crippen LogP contribution in [0.2, 0.25) is 0 Å². The van der Waals surface area contributed by atoms with Crippen LogP contribution in [0.1, 0.15) is 26.5 Å². The van der Waals surface area contributed by atoms with E-state index in [9.17, 15) is 19.2 Å². The van der Waals surface area contributed by atoms with Crippen molar-refractivity contribution in [2.75, 3.05) is 17.2 Å². The first-order chi connectivity index (χ1) is 17.0. The number of para-hydroxylation sites is 1. The lowest BCUT2D eigenvalue weighted by Crippen LogP contribution is -2.28. The van der Waals surface area contributed by atoms with Crippen molar-refractivity contribution in [1.29, 1.82) is 0 Å². The van der Waals surface area contributed by atoms with Gasteiger partial charge < -0.3 is 25.7 Å². The number of nitrogens with one attached hydrogen (secondary N) is 4. The summed E-state index contributed by atoms with van der Waals surface area (Å²) in [7, 11) is 0. The number of H-pyrrole nitrogens is 1. The van der Waals surface area contributed by atoms with Gasteiger partial charge in [0.2, 0.25) is 0 Å². The molecular weight excluding hydrogens is 450 g/mol. The van der Waals surface area contributed by atoms with E-state index in [1.807, 2.05) is 6.07 Å². The minimum Gasteiger partial charge on any atom is -0.482 e. The van der Waals surface area contributed by atoms with Gasteiger partial charge in [-0.1, -0.05) is 24.3 Å². The highest BCUT2D eigenvalue weighted by molar-refractivity contribution is 6.06. The highest BCUT2D eigenvalue weighted by Gasteiger charge is 2.17. The van der Waals surface area contributed by atoms with Crippen molar-refractivity contribution in [3.63, 3.8) is 0 Å². The lowest BCUT2D eigenvalue weighted by atomic mass is 10.1. The number of amides is 3. The molecule has 0 saturated carbocycles. The van der Waals surface area contributed by atoms with Crippen LogP contribution in [-0.4, -0.2) is 34.3 Å². The van der Waals surface area contributed by atoms with Gasteiger partial charge in [0.25, 0.3) is 23.3 Å². The Morgan fingerprint density at radius 1 is 0.971 bits per heavy atom. The van der Waals surface area contributed by atoms with Gasteiger partial charge in [0.1, 0.15) is 5.75 Å². The number of aromatic amines is 1. The normalized spacial score (nSPS) is 12.3. The highest BCUT2D eigenvalue weighted by atomic mass is 16.5. The maximum Gasteiger partial charge on any atom is 0.287 e. The van der Waals surface area contributed by atoms with Crippen LogP contribution in [0, 0.1) is 0 Å². The van der Waals surface area contributed by atoms with Gasteiger partial charge in [-0.15, -0.1) is 0 Å². The van der Waals surface area contributed by atoms with E-state index in [0.717, 1.165) is 5.56 Å². The smallest absolute Gasteiger partial charge is 0.287 e. The molecule has 3 aromatic carbocycles. The van der Waals surface area contributed by atoms with Crippen molar-refractivity contribution in [3.8, 4) is 5.75 Å². The summed E-state index contributed by atoms with van der Waals surface area (Å²) in [5.74, 6) is -0.799. The van der Waals surface area contributed by atoms with Crippen LogP contribution in [0.15, 0.2) is 71.5 Å². The molecule has 10 nitrogen and oxygen atoms in total. The number of hydrogen-bond acceptors (Lipinski definition) is 6. The van der Waals surface area contributed by atoms with Crippen molar-refractivity contribution < 1.29 is 19.1 Å². The number of benzene rings is 3. The third kappa shape index (κ3) is 4.71. The summed E-state index contributed by atoms with van der Waals surface area (Å²) in [6, 6.07) is 18.6. The van der Waals surface area contributed by atoms with Crippen molar-refractivity contribution in [2.24, 2.45) is 0 Å². The summed E-state index contributed by atoms with van der Waals surface area (Å²) < 4.78 is 5.32. The second-order valence-corrected chi connectivity index (χ2v) is 7.82. The molecule has 1 aliphatic rings. The van der Waals surface area contributed by atoms with E-state index in [1.165, 1.54) is 18.2 Å². The van der Waals surface area contributed by atoms with Gasteiger partial charge in [0.15, 0.2) is 12.4 Å². The molecule has 2 heterocycles. The van der Waals surface area contributed by atoms with Crippen LogP contribution in [-0.2, 0) is 11.3 Å². The van der Waals surface area contributed by atoms with Crippen LogP contribution in [0.3, 0.4) is 0 Å². The van der Waals surface area contributed by atoms with Crippen molar-refractivity contribution in [2.45, 2.75) is 6.54 Å². The maximum absolute atomic E-state index is 12.6. The predicted molar refractivity (Wildman–Crippen MR) is 128 cm³/mol. The number of fused-ring (bicyclic) bond motifs is 2. The number of hydrogen-bond donors (Lipinski definition) is 4. The van der Waals surface area contributed by atoms with Crippen LogP contribution in [0.5, 0.6) is 5.75 Å². The Balaban J connectivity index is 1.31. The Bertz CT molecular complexity index is 1530. The summed E-state index contributed by atoms with van der Waals surface area (Å²) in [6.07, 6.45) is 0. The van der Waals surface area contributed by atoms with Crippen LogP contribution in [0.4, 0.5) is 11.4 Å². The van der Waals surface area contributed by atoms with Gasteiger partial charge >= 0.3 is 0 Å². The SMILES string of the molecule is O=C1COc2ccc(CNC(=O)c3nc4ccc(C(=O)Nc5ccccc5)cc4c(=O)[nH]3)cc2N1. The fourth-order valence-corrected chi connectivity index (χ4v) is 3.62. The first-order valence-corrected chi connectivity index (χ1v) is 10.7. The van der Waals surface area contributed by atoms with Crippen molar-refractivity contribution in [1.82, 2.24) is 15.3 Å². The lowest BCUT2D eigenvalue weighted by Gasteiger charge is -2.18. The summed E-state index contributed by atoms with van der Waals surface area (Å²) in [5, 5.41) is 8.35. The minimum absolute atomic E-state index is 0.0384. The first-order valence-electron chi connectivity index (χ1n) is 10.7. The molecule has 0 saturated heterocycles. The molecule has 5 rings (SSSR count). The topological polar surface area (TPSA) is 142 Å². The zero-order chi connectivity index (χ0) is 24.4. The Hall–Kier alpha value is -4.99. The first kappa shape index (κ1) is 21.8. The van der Waals surface area contributed by atoms with Gasteiger partial charge in [-0.05, 0) is 48.0 Å². The summed E-state index contributed by atoms with van der Waals surface area (Å²) in [4.78, 5) is 56.0. The fourth-order valence-electron chi connectivity index (χ4n) is 3.62. The molecule has 10 heteroatoms. The molecule has 0 aliphatic carbocycles. The van der Waals surface area contributed by atoms with E-state index in [-0.39, 0.29) is 47.3 Å². The quantitative estimate of drug-likeness (QED) is 0.354. The van der Waals surface area contributed by atoms with E-state index in [2.05, 4.69) is 25.9 Å². The van der Waals surface area contributed by atoms with Crippen LogP contribution >= 0.6 is 0 Å². The third-order valence-electron chi connectivity index (χ3n) is 5.34. The zero-order valence-electron chi connectivity index (χ0n) is 18.3. The summed E-state index contributed by atoms with van der Waals surface area (Å²) in [6.45, 7) is 0.103. The molecule has 4 N–H and O–H groups in total. The second-order valence-electron chi connectivity index (χ2n) is 7.82. The van der Waals surface area contributed by atoms with Gasteiger partial charge in [-0.3, -0.25) is 19.2 Å². The molecule has 0 fully saturated rings. The number of nitrogens with zero attached hydrogens (tertiary/aromatic N) is 1. The predicted octanol–water partition coefficient (Wildman–Crippen LogP) is 2.44. The van der Waals surface area contributed by atoms with E-state index >= 15 is 0 Å². The molecule has 3 amide bonds. The lowest BCUT2D eigenvalue weighted by molar-refractivity contribution is -0.118. The molecule has 1 aromatic heterocycles. The monoisotopic (exact) mass is 469 g/mol. The van der Waals surface area contributed by atoms with Gasteiger partial charge in [0.05, 0.1) is 16.6 Å². The van der Waals surface area contributed by atoms with Gasteiger partial charge in [-0.25, -0.2) is 4.98 Å². The van der Waals surface area contributed by atoms with Crippen molar-refractivity contribution >= 4 is 40.0 Å². The number of carbonyl (C=O) groups is 3. The van der Waals surface area contributed by atoms with E-state index < -0.39 is 11.5 Å². The molecule has 0 atom stereocenters. The Morgan fingerprint density at radius 3 is 2.63 bits per heavy atom. The van der Waals surface area contributed by atoms with Gasteiger partial charge in [-0.2, -0.15) is 0 Å². The summed E-state index contributed by atoms with van der Waals surface area (Å²) in [5.41, 5.74) is 1.91. The average molecular weight is 469 g/mol. The number of carbonyl (C=O) groups excluding carboxylic acids is 3. The molecule has 1 aliphatic heterocycles. The number of aromatic nitrogens is 2. The molecule has 4 aromatic rings. The molecule has 0 radical (unpaired) electrons. The Morgan fingerprint density at radius 2 is 1.80 bits per heavy atom. The molecule has 0 spiro atoms. The van der Waals surface area contributed by atoms with Crippen LogP contribution in [0.25, 0.3) is 10.9 Å². The highest BCUT2D eigenvalue weighted by Crippen LogP contribution is 2.28. The minimum atomic E-state index is -0.576. The molecule has 174 valence electrons. The van der Waals surface area contributed by atoms with Crippen molar-refractivity contribution in [3.05, 3.63) is 94.0 Å². The third-order valence-corrected chi connectivity index (χ3v) is 5.34. The summed E-state index contributed by atoms with van der Waals surface area (Å²) >= 11 is 0. The number of rotatable bonds is 5. The average Bonchev–Trinajstić information content (AvgIpc) is 2.87. The van der Waals surface area contributed by atoms with E-state index in [4.69, 9.17) is 4.74 Å². The molecule has 0 unspecified atom stereocenters. The molecule has 35 heavy (non-hydrogen) atoms. The Labute approximate surface area is 198 Å². The number of anilines is 2. The fraction of sp³-hybridized carbons (Fsp3) is 0.0800. The number of ether oxygens (including phenoxy) is 1. The van der Waals surface area contributed by atoms with Crippen LogP contribution < -0.4 is 26.2 Å². The molecule has 0 bridgehead atoms. The second kappa shape index (κ2) is 9.10. The van der Waals surface area contributed by atoms with E-state index in [1.54, 1.807) is 42.5 Å². The standard InChI is InChI=1S/C25H19N5O5/c31-21-13-35-20-9-6-14(10-19(20)28-21)12-26-25(34)22-29-18-8-7-15(11-17(18)24(33)30-22)23(32)27-16-4-2-1-3-5-16/h1-11H,12-13H2,(H,26,34)(H,27,32)(H,28,31)(H,29,30,33). The van der Waals surface area contributed by atoms with E-state index in [0.29, 0.717) is 17.1 Å². The largest absolute Gasteiger partial charge is 0.482 e. The maximum atomic E-state index is 12.6.